The molecule has 4 N–H and O–H groups in total. The number of aliphatic hydroxyl groups is 1. The first-order chi connectivity index (χ1) is 9.38. The zero-order valence-corrected chi connectivity index (χ0v) is 12.6. The lowest BCUT2D eigenvalue weighted by molar-refractivity contribution is 0.0347. The first-order valence-corrected chi connectivity index (χ1v) is 7.25. The Kier molecular flexibility index (Phi) is 4.46. The van der Waals surface area contributed by atoms with Gasteiger partial charge in [0.05, 0.1) is 19.7 Å². The number of rotatable bonds is 5. The van der Waals surface area contributed by atoms with E-state index >= 15 is 0 Å². The van der Waals surface area contributed by atoms with Gasteiger partial charge in [0.25, 0.3) is 0 Å². The van der Waals surface area contributed by atoms with Crippen molar-refractivity contribution in [1.82, 2.24) is 15.5 Å². The van der Waals surface area contributed by atoms with E-state index in [0.717, 1.165) is 12.8 Å². The Morgan fingerprint density at radius 3 is 2.75 bits per heavy atom. The summed E-state index contributed by atoms with van der Waals surface area (Å²) in [5.74, 6) is 1.62. The fourth-order valence-corrected chi connectivity index (χ4v) is 3.77. The van der Waals surface area contributed by atoms with E-state index in [2.05, 4.69) is 36.2 Å². The van der Waals surface area contributed by atoms with Crippen molar-refractivity contribution < 1.29 is 9.63 Å². The molecule has 20 heavy (non-hydrogen) atoms. The van der Waals surface area contributed by atoms with Crippen molar-refractivity contribution in [2.75, 3.05) is 6.61 Å². The van der Waals surface area contributed by atoms with Crippen molar-refractivity contribution in [3.63, 3.8) is 0 Å². The molecular weight excluding hydrogens is 256 g/mol. The van der Waals surface area contributed by atoms with E-state index < -0.39 is 0 Å². The number of aliphatic hydroxyl groups excluding tert-OH is 1. The summed E-state index contributed by atoms with van der Waals surface area (Å²) >= 11 is 0. The normalized spacial score (nSPS) is 29.6. The van der Waals surface area contributed by atoms with Gasteiger partial charge >= 0.3 is 0 Å². The van der Waals surface area contributed by atoms with Gasteiger partial charge in [0.2, 0.25) is 5.89 Å². The minimum Gasteiger partial charge on any atom is -0.394 e. The van der Waals surface area contributed by atoms with Gasteiger partial charge in [-0.05, 0) is 30.6 Å². The van der Waals surface area contributed by atoms with Crippen LogP contribution in [0.4, 0.5) is 0 Å². The highest BCUT2D eigenvalue weighted by Crippen LogP contribution is 2.43. The van der Waals surface area contributed by atoms with Gasteiger partial charge in [0.1, 0.15) is 0 Å². The lowest BCUT2D eigenvalue weighted by Crippen LogP contribution is -2.55. The zero-order valence-electron chi connectivity index (χ0n) is 12.6. The summed E-state index contributed by atoms with van der Waals surface area (Å²) in [6.07, 6.45) is 3.10. The molecule has 6 heteroatoms. The van der Waals surface area contributed by atoms with Crippen LogP contribution in [0.5, 0.6) is 0 Å². The maximum Gasteiger partial charge on any atom is 0.240 e. The largest absolute Gasteiger partial charge is 0.394 e. The van der Waals surface area contributed by atoms with E-state index in [1.165, 1.54) is 6.42 Å². The first kappa shape index (κ1) is 15.4. The molecule has 2 unspecified atom stereocenters. The Morgan fingerprint density at radius 2 is 2.20 bits per heavy atom. The van der Waals surface area contributed by atoms with Crippen LogP contribution in [0.3, 0.4) is 0 Å². The molecule has 114 valence electrons. The molecule has 1 fully saturated rings. The Labute approximate surface area is 120 Å². The Bertz CT molecular complexity index is 446. The number of nitrogens with one attached hydrogen (secondary N) is 1. The van der Waals surface area contributed by atoms with Crippen LogP contribution in [-0.4, -0.2) is 27.4 Å². The average molecular weight is 282 g/mol. The molecule has 1 aliphatic carbocycles. The summed E-state index contributed by atoms with van der Waals surface area (Å²) in [6.45, 7) is 7.64. The molecule has 1 aromatic heterocycles. The average Bonchev–Trinajstić information content (AvgIpc) is 2.82. The molecular formula is C14H26N4O2. The van der Waals surface area contributed by atoms with Crippen molar-refractivity contribution in [3.05, 3.63) is 11.7 Å². The van der Waals surface area contributed by atoms with Gasteiger partial charge in [-0.1, -0.05) is 25.9 Å². The highest BCUT2D eigenvalue weighted by Gasteiger charge is 2.42. The third-order valence-electron chi connectivity index (χ3n) is 4.07. The fourth-order valence-electron chi connectivity index (χ4n) is 3.77. The maximum absolute atomic E-state index is 9.87. The predicted octanol–water partition coefficient (Wildman–Crippen LogP) is 1.20. The molecule has 0 spiro atoms. The molecule has 0 saturated heterocycles. The van der Waals surface area contributed by atoms with E-state index in [0.29, 0.717) is 24.2 Å². The molecule has 1 aliphatic rings. The molecule has 1 heterocycles. The smallest absolute Gasteiger partial charge is 0.240 e. The summed E-state index contributed by atoms with van der Waals surface area (Å²) in [5.41, 5.74) is 5.42. The van der Waals surface area contributed by atoms with E-state index in [9.17, 15) is 5.11 Å². The van der Waals surface area contributed by atoms with Crippen molar-refractivity contribution in [1.29, 1.82) is 0 Å². The van der Waals surface area contributed by atoms with Crippen LogP contribution in [0.25, 0.3) is 0 Å². The van der Waals surface area contributed by atoms with Crippen LogP contribution in [0.2, 0.25) is 0 Å². The zero-order chi connectivity index (χ0) is 14.8. The summed E-state index contributed by atoms with van der Waals surface area (Å²) in [4.78, 5) is 4.19. The molecule has 1 aromatic rings. The van der Waals surface area contributed by atoms with Gasteiger partial charge in [-0.15, -0.1) is 0 Å². The molecule has 2 atom stereocenters. The number of hydrogen-bond acceptors (Lipinski definition) is 6. The quantitative estimate of drug-likeness (QED) is 0.750. The second-order valence-corrected chi connectivity index (χ2v) is 6.95. The second kappa shape index (κ2) is 5.79. The van der Waals surface area contributed by atoms with E-state index in [1.807, 2.05) is 0 Å². The SMILES string of the molecule is CC1CC(C)(C)CC(CO)(NCc2noc(CN)n2)C1. The Morgan fingerprint density at radius 1 is 1.45 bits per heavy atom. The van der Waals surface area contributed by atoms with Crippen LogP contribution in [0.15, 0.2) is 4.52 Å². The molecule has 0 bridgehead atoms. The minimum atomic E-state index is -0.259. The Hall–Kier alpha value is -0.980. The van der Waals surface area contributed by atoms with Crippen molar-refractivity contribution >= 4 is 0 Å². The highest BCUT2D eigenvalue weighted by atomic mass is 16.5. The van der Waals surface area contributed by atoms with Crippen LogP contribution in [-0.2, 0) is 13.1 Å². The molecule has 0 aliphatic heterocycles. The van der Waals surface area contributed by atoms with Crippen molar-refractivity contribution in [3.8, 4) is 0 Å². The van der Waals surface area contributed by atoms with Gasteiger partial charge in [0, 0.05) is 5.54 Å². The van der Waals surface area contributed by atoms with E-state index in [1.54, 1.807) is 0 Å². The van der Waals surface area contributed by atoms with Gasteiger partial charge in [-0.3, -0.25) is 0 Å². The van der Waals surface area contributed by atoms with E-state index in [4.69, 9.17) is 10.3 Å². The number of aromatic nitrogens is 2. The molecule has 0 amide bonds. The van der Waals surface area contributed by atoms with Crippen LogP contribution < -0.4 is 11.1 Å². The van der Waals surface area contributed by atoms with Crippen LogP contribution in [0.1, 0.15) is 51.7 Å². The van der Waals surface area contributed by atoms with E-state index in [-0.39, 0.29) is 24.1 Å². The standard InChI is InChI=1S/C14H26N4O2/c1-10-4-13(2,3)8-14(5-10,9-19)16-7-11-17-12(6-15)20-18-11/h10,16,19H,4-9,15H2,1-3H3. The number of hydrogen-bond donors (Lipinski definition) is 3. The fraction of sp³-hybridized carbons (Fsp3) is 0.857. The lowest BCUT2D eigenvalue weighted by Gasteiger charge is -2.47. The molecule has 0 radical (unpaired) electrons. The predicted molar refractivity (Wildman–Crippen MR) is 75.6 cm³/mol. The van der Waals surface area contributed by atoms with Crippen LogP contribution in [0, 0.1) is 11.3 Å². The molecule has 1 saturated carbocycles. The van der Waals surface area contributed by atoms with Gasteiger partial charge < -0.3 is 20.7 Å². The Balaban J connectivity index is 2.03. The topological polar surface area (TPSA) is 97.2 Å². The first-order valence-electron chi connectivity index (χ1n) is 7.25. The molecule has 0 aromatic carbocycles. The summed E-state index contributed by atoms with van der Waals surface area (Å²) in [6, 6.07) is 0. The summed E-state index contributed by atoms with van der Waals surface area (Å²) in [7, 11) is 0. The summed E-state index contributed by atoms with van der Waals surface area (Å²) in [5, 5.41) is 17.2. The lowest BCUT2D eigenvalue weighted by atomic mass is 9.64. The third-order valence-corrected chi connectivity index (χ3v) is 4.07. The number of nitrogens with zero attached hydrogens (tertiary/aromatic N) is 2. The third kappa shape index (κ3) is 3.56. The minimum absolute atomic E-state index is 0.127. The summed E-state index contributed by atoms with van der Waals surface area (Å²) < 4.78 is 4.99. The maximum atomic E-state index is 9.87. The van der Waals surface area contributed by atoms with Crippen molar-refractivity contribution in [2.24, 2.45) is 17.1 Å². The van der Waals surface area contributed by atoms with Crippen LogP contribution >= 0.6 is 0 Å². The monoisotopic (exact) mass is 282 g/mol. The number of nitrogens with two attached hydrogens (primary N) is 1. The molecule has 6 nitrogen and oxygen atoms in total. The van der Waals surface area contributed by atoms with Gasteiger partial charge in [-0.25, -0.2) is 0 Å². The van der Waals surface area contributed by atoms with Crippen molar-refractivity contribution in [2.45, 2.75) is 58.7 Å². The van der Waals surface area contributed by atoms with Gasteiger partial charge in [0.15, 0.2) is 5.82 Å². The second-order valence-electron chi connectivity index (χ2n) is 6.95. The molecule has 2 rings (SSSR count). The highest BCUT2D eigenvalue weighted by molar-refractivity contribution is 5.00. The van der Waals surface area contributed by atoms with Gasteiger partial charge in [-0.2, -0.15) is 4.98 Å².